The molecule has 2 unspecified atom stereocenters. The quantitative estimate of drug-likeness (QED) is 0.824. The van der Waals surface area contributed by atoms with E-state index in [1.54, 1.807) is 0 Å². The zero-order valence-electron chi connectivity index (χ0n) is 9.83. The maximum Gasteiger partial charge on any atom is 0.108 e. The molecule has 1 aliphatic rings. The second-order valence-electron chi connectivity index (χ2n) is 4.81. The van der Waals surface area contributed by atoms with Crippen LogP contribution in [0.15, 0.2) is 24.3 Å². The molecule has 0 saturated carbocycles. The summed E-state index contributed by atoms with van der Waals surface area (Å²) in [6.07, 6.45) is 2.18. The lowest BCUT2D eigenvalue weighted by molar-refractivity contribution is -0.0534. The van der Waals surface area contributed by atoms with Crippen LogP contribution in [0.3, 0.4) is 0 Å². The zero-order valence-corrected chi connectivity index (χ0v) is 9.83. The van der Waals surface area contributed by atoms with Gasteiger partial charge < -0.3 is 5.11 Å². The predicted octanol–water partition coefficient (Wildman–Crippen LogP) is 2.76. The van der Waals surface area contributed by atoms with Gasteiger partial charge in [0.15, 0.2) is 0 Å². The Hall–Kier alpha value is -1.33. The lowest BCUT2D eigenvalue weighted by atomic mass is 9.69. The summed E-state index contributed by atoms with van der Waals surface area (Å²) in [5.74, 6) is 0. The Bertz CT molecular complexity index is 448. The van der Waals surface area contributed by atoms with Crippen molar-refractivity contribution in [2.75, 3.05) is 0 Å². The minimum absolute atomic E-state index is 0.657. The van der Waals surface area contributed by atoms with Crippen LogP contribution in [0.4, 0.5) is 0 Å². The van der Waals surface area contributed by atoms with E-state index < -0.39 is 11.0 Å². The van der Waals surface area contributed by atoms with Crippen LogP contribution in [0.25, 0.3) is 0 Å². The first-order valence-corrected chi connectivity index (χ1v) is 5.79. The molecule has 16 heavy (non-hydrogen) atoms. The lowest BCUT2D eigenvalue weighted by Gasteiger charge is -2.37. The molecule has 0 aliphatic heterocycles. The van der Waals surface area contributed by atoms with Crippen molar-refractivity contribution in [1.29, 1.82) is 5.26 Å². The summed E-state index contributed by atoms with van der Waals surface area (Å²) in [6, 6.07) is 10.2. The summed E-state index contributed by atoms with van der Waals surface area (Å²) in [7, 11) is 0. The van der Waals surface area contributed by atoms with Gasteiger partial charge in [-0.2, -0.15) is 5.26 Å². The van der Waals surface area contributed by atoms with Crippen LogP contribution in [0, 0.1) is 16.7 Å². The van der Waals surface area contributed by atoms with Crippen LogP contribution < -0.4 is 0 Å². The molecule has 1 aromatic carbocycles. The van der Waals surface area contributed by atoms with Crippen LogP contribution >= 0.6 is 0 Å². The van der Waals surface area contributed by atoms with E-state index in [0.29, 0.717) is 12.8 Å². The van der Waals surface area contributed by atoms with Gasteiger partial charge in [-0.3, -0.25) is 0 Å². The van der Waals surface area contributed by atoms with Crippen molar-refractivity contribution in [3.63, 3.8) is 0 Å². The van der Waals surface area contributed by atoms with Crippen molar-refractivity contribution in [3.8, 4) is 6.07 Å². The van der Waals surface area contributed by atoms with Gasteiger partial charge in [0, 0.05) is 0 Å². The van der Waals surface area contributed by atoms with Gasteiger partial charge in [-0.15, -0.1) is 0 Å². The molecule has 2 nitrogen and oxygen atoms in total. The fraction of sp³-hybridized carbons (Fsp3) is 0.500. The van der Waals surface area contributed by atoms with Crippen molar-refractivity contribution < 1.29 is 5.11 Å². The van der Waals surface area contributed by atoms with E-state index in [9.17, 15) is 10.4 Å². The molecule has 2 rings (SSSR count). The van der Waals surface area contributed by atoms with Gasteiger partial charge in [0.1, 0.15) is 5.60 Å². The Kier molecular flexibility index (Phi) is 2.52. The van der Waals surface area contributed by atoms with E-state index in [4.69, 9.17) is 0 Å². The number of aryl methyl sites for hydroxylation is 1. The maximum absolute atomic E-state index is 10.8. The minimum atomic E-state index is -0.979. The van der Waals surface area contributed by atoms with Crippen LogP contribution in [-0.4, -0.2) is 5.11 Å². The van der Waals surface area contributed by atoms with Gasteiger partial charge in [-0.25, -0.2) is 0 Å². The molecular weight excluding hydrogens is 198 g/mol. The molecular formula is C14H17NO. The molecule has 0 heterocycles. The third kappa shape index (κ3) is 1.28. The maximum atomic E-state index is 10.8. The summed E-state index contributed by atoms with van der Waals surface area (Å²) >= 11 is 0. The number of nitrogens with zero attached hydrogens (tertiary/aromatic N) is 1. The first-order valence-electron chi connectivity index (χ1n) is 5.79. The second-order valence-corrected chi connectivity index (χ2v) is 4.81. The Morgan fingerprint density at radius 2 is 2.19 bits per heavy atom. The molecule has 1 aliphatic carbocycles. The fourth-order valence-corrected chi connectivity index (χ4v) is 2.63. The van der Waals surface area contributed by atoms with Gasteiger partial charge in [0.2, 0.25) is 0 Å². The standard InChI is InChI=1S/C14H17NO/c1-3-13(2,10-15)14(16)9-8-11-6-4-5-7-12(11)14/h4-7,16H,3,8-9H2,1-2H3. The summed E-state index contributed by atoms with van der Waals surface area (Å²) < 4.78 is 0. The molecule has 0 aromatic heterocycles. The van der Waals surface area contributed by atoms with Gasteiger partial charge in [0.05, 0.1) is 11.5 Å². The highest BCUT2D eigenvalue weighted by atomic mass is 16.3. The largest absolute Gasteiger partial charge is 0.383 e. The van der Waals surface area contributed by atoms with Crippen LogP contribution in [0.1, 0.15) is 37.8 Å². The molecule has 0 saturated heterocycles. The third-order valence-corrected chi connectivity index (χ3v) is 4.09. The monoisotopic (exact) mass is 215 g/mol. The van der Waals surface area contributed by atoms with E-state index >= 15 is 0 Å². The normalized spacial score (nSPS) is 26.9. The Morgan fingerprint density at radius 3 is 2.81 bits per heavy atom. The summed E-state index contributed by atoms with van der Waals surface area (Å²) in [5.41, 5.74) is 0.452. The SMILES string of the molecule is CCC(C)(C#N)C1(O)CCc2ccccc21. The molecule has 0 bridgehead atoms. The highest BCUT2D eigenvalue weighted by Gasteiger charge is 2.50. The average molecular weight is 215 g/mol. The van der Waals surface area contributed by atoms with Crippen molar-refractivity contribution in [3.05, 3.63) is 35.4 Å². The number of hydrogen-bond acceptors (Lipinski definition) is 2. The first kappa shape index (κ1) is 11.2. The predicted molar refractivity (Wildman–Crippen MR) is 62.7 cm³/mol. The Balaban J connectivity index is 2.55. The Morgan fingerprint density at radius 1 is 1.50 bits per heavy atom. The third-order valence-electron chi connectivity index (χ3n) is 4.09. The van der Waals surface area contributed by atoms with E-state index in [0.717, 1.165) is 12.0 Å². The summed E-state index contributed by atoms with van der Waals surface area (Å²) in [4.78, 5) is 0. The van der Waals surface area contributed by atoms with Crippen molar-refractivity contribution >= 4 is 0 Å². The van der Waals surface area contributed by atoms with Gasteiger partial charge in [0.25, 0.3) is 0 Å². The molecule has 2 atom stereocenters. The Labute approximate surface area is 96.5 Å². The van der Waals surface area contributed by atoms with Crippen molar-refractivity contribution in [2.45, 2.75) is 38.7 Å². The first-order chi connectivity index (χ1) is 7.57. The smallest absolute Gasteiger partial charge is 0.108 e. The molecule has 1 aromatic rings. The molecule has 84 valence electrons. The fourth-order valence-electron chi connectivity index (χ4n) is 2.63. The zero-order chi connectivity index (χ0) is 11.8. The topological polar surface area (TPSA) is 44.0 Å². The number of nitriles is 1. The summed E-state index contributed by atoms with van der Waals surface area (Å²) in [6.45, 7) is 3.82. The molecule has 0 amide bonds. The van der Waals surface area contributed by atoms with E-state index in [2.05, 4.69) is 6.07 Å². The van der Waals surface area contributed by atoms with E-state index in [-0.39, 0.29) is 0 Å². The van der Waals surface area contributed by atoms with Crippen LogP contribution in [0.5, 0.6) is 0 Å². The summed E-state index contributed by atoms with van der Waals surface area (Å²) in [5, 5.41) is 20.2. The average Bonchev–Trinajstić information content (AvgIpc) is 2.68. The molecule has 0 spiro atoms. The number of aliphatic hydroxyl groups is 1. The molecule has 1 N–H and O–H groups in total. The van der Waals surface area contributed by atoms with Gasteiger partial charge >= 0.3 is 0 Å². The number of rotatable bonds is 2. The number of fused-ring (bicyclic) bond motifs is 1. The minimum Gasteiger partial charge on any atom is -0.383 e. The number of benzene rings is 1. The molecule has 2 heteroatoms. The molecule has 0 fully saturated rings. The van der Waals surface area contributed by atoms with Crippen LogP contribution in [0.2, 0.25) is 0 Å². The van der Waals surface area contributed by atoms with Crippen LogP contribution in [-0.2, 0) is 12.0 Å². The van der Waals surface area contributed by atoms with Gasteiger partial charge in [-0.05, 0) is 37.3 Å². The van der Waals surface area contributed by atoms with E-state index in [1.165, 1.54) is 5.56 Å². The highest BCUT2D eigenvalue weighted by molar-refractivity contribution is 5.40. The highest BCUT2D eigenvalue weighted by Crippen LogP contribution is 2.50. The lowest BCUT2D eigenvalue weighted by Crippen LogP contribution is -2.40. The van der Waals surface area contributed by atoms with Gasteiger partial charge in [-0.1, -0.05) is 31.2 Å². The number of hydrogen-bond donors (Lipinski definition) is 1. The van der Waals surface area contributed by atoms with E-state index in [1.807, 2.05) is 38.1 Å². The van der Waals surface area contributed by atoms with Crippen molar-refractivity contribution in [1.82, 2.24) is 0 Å². The second kappa shape index (κ2) is 3.61. The molecule has 0 radical (unpaired) electrons. The van der Waals surface area contributed by atoms with Crippen molar-refractivity contribution in [2.24, 2.45) is 5.41 Å².